The highest BCUT2D eigenvalue weighted by molar-refractivity contribution is 5.81. The molecular formula is C25H37N3. The molecule has 0 fully saturated rings. The molecule has 0 aliphatic heterocycles. The topological polar surface area (TPSA) is 32.5 Å². The normalized spacial score (nSPS) is 10.6. The van der Waals surface area contributed by atoms with Gasteiger partial charge in [-0.05, 0) is 88.0 Å². The molecule has 0 saturated carbocycles. The van der Waals surface area contributed by atoms with Crippen LogP contribution in [0, 0.1) is 0 Å². The molecule has 152 valence electrons. The minimum absolute atomic E-state index is 0.728. The first-order chi connectivity index (χ1) is 13.7. The van der Waals surface area contributed by atoms with Crippen molar-refractivity contribution >= 4 is 16.9 Å². The average molecular weight is 380 g/mol. The lowest BCUT2D eigenvalue weighted by atomic mass is 9.96. The molecule has 0 saturated heterocycles. The fraction of sp³-hybridized carbons (Fsp3) is 0.440. The molecule has 2 aromatic carbocycles. The highest BCUT2D eigenvalue weighted by atomic mass is 15.1. The van der Waals surface area contributed by atoms with Crippen molar-refractivity contribution in [2.45, 2.75) is 40.5 Å². The van der Waals surface area contributed by atoms with Gasteiger partial charge in [0.2, 0.25) is 0 Å². The lowest BCUT2D eigenvalue weighted by molar-refractivity contribution is 0.855. The van der Waals surface area contributed by atoms with Crippen LogP contribution in [0.3, 0.4) is 0 Å². The van der Waals surface area contributed by atoms with Gasteiger partial charge in [0.05, 0.1) is 0 Å². The first-order valence-corrected chi connectivity index (χ1v) is 10.8. The van der Waals surface area contributed by atoms with Crippen molar-refractivity contribution < 1.29 is 0 Å². The largest absolute Gasteiger partial charge is 0.372 e. The van der Waals surface area contributed by atoms with Crippen LogP contribution in [0.25, 0.3) is 5.57 Å². The lowest BCUT2D eigenvalue weighted by Gasteiger charge is -2.22. The molecule has 2 aromatic rings. The summed E-state index contributed by atoms with van der Waals surface area (Å²) in [6.07, 6.45) is 4.35. The molecule has 0 spiro atoms. The Morgan fingerprint density at radius 3 is 1.43 bits per heavy atom. The van der Waals surface area contributed by atoms with Crippen LogP contribution in [0.1, 0.15) is 51.7 Å². The van der Waals surface area contributed by atoms with E-state index >= 15 is 0 Å². The molecule has 0 unspecified atom stereocenters. The van der Waals surface area contributed by atoms with Gasteiger partial charge in [0.25, 0.3) is 0 Å². The first-order valence-electron chi connectivity index (χ1n) is 10.8. The Morgan fingerprint density at radius 2 is 1.11 bits per heavy atom. The van der Waals surface area contributed by atoms with Crippen LogP contribution < -0.4 is 15.5 Å². The van der Waals surface area contributed by atoms with Gasteiger partial charge in [0.1, 0.15) is 0 Å². The van der Waals surface area contributed by atoms with E-state index in [4.69, 9.17) is 5.73 Å². The standard InChI is InChI=1S/C25H37N3/c1-5-27(6-2)23-16-12-21(13-17-23)25(11-9-10-20-26)22-14-18-24(19-15-22)28(7-3)8-4/h11-19H,5-10,20,26H2,1-4H3. The van der Waals surface area contributed by atoms with Crippen LogP contribution >= 0.6 is 0 Å². The molecule has 3 nitrogen and oxygen atoms in total. The zero-order chi connectivity index (χ0) is 20.4. The van der Waals surface area contributed by atoms with Crippen molar-refractivity contribution in [3.05, 3.63) is 65.7 Å². The van der Waals surface area contributed by atoms with Crippen molar-refractivity contribution in [2.75, 3.05) is 42.5 Å². The van der Waals surface area contributed by atoms with Gasteiger partial charge in [-0.15, -0.1) is 0 Å². The monoisotopic (exact) mass is 379 g/mol. The van der Waals surface area contributed by atoms with Gasteiger partial charge in [-0.1, -0.05) is 30.3 Å². The Bertz CT molecular complexity index is 651. The van der Waals surface area contributed by atoms with E-state index in [9.17, 15) is 0 Å². The third kappa shape index (κ3) is 5.62. The smallest absolute Gasteiger partial charge is 0.0366 e. The Morgan fingerprint density at radius 1 is 0.714 bits per heavy atom. The molecule has 2 N–H and O–H groups in total. The zero-order valence-electron chi connectivity index (χ0n) is 18.1. The van der Waals surface area contributed by atoms with E-state index in [1.165, 1.54) is 28.1 Å². The number of hydrogen-bond donors (Lipinski definition) is 1. The Labute approximate surface area is 171 Å². The molecule has 0 amide bonds. The third-order valence-electron chi connectivity index (χ3n) is 5.37. The summed E-state index contributed by atoms with van der Waals surface area (Å²) in [5.41, 5.74) is 12.1. The Balaban J connectivity index is 2.33. The van der Waals surface area contributed by atoms with E-state index in [0.29, 0.717) is 0 Å². The van der Waals surface area contributed by atoms with E-state index in [-0.39, 0.29) is 0 Å². The summed E-state index contributed by atoms with van der Waals surface area (Å²) >= 11 is 0. The number of unbranched alkanes of at least 4 members (excludes halogenated alkanes) is 1. The predicted octanol–water partition coefficient (Wildman–Crippen LogP) is 5.55. The summed E-state index contributed by atoms with van der Waals surface area (Å²) in [4.78, 5) is 4.75. The van der Waals surface area contributed by atoms with E-state index < -0.39 is 0 Å². The van der Waals surface area contributed by atoms with E-state index in [2.05, 4.69) is 92.1 Å². The number of allylic oxidation sites excluding steroid dienone is 1. The first kappa shape index (κ1) is 22.0. The molecule has 28 heavy (non-hydrogen) atoms. The van der Waals surface area contributed by atoms with Crippen molar-refractivity contribution in [2.24, 2.45) is 5.73 Å². The predicted molar refractivity (Wildman–Crippen MR) is 125 cm³/mol. The fourth-order valence-corrected chi connectivity index (χ4v) is 3.65. The molecule has 0 heterocycles. The maximum atomic E-state index is 5.72. The minimum Gasteiger partial charge on any atom is -0.372 e. The number of rotatable bonds is 11. The van der Waals surface area contributed by atoms with E-state index in [1.54, 1.807) is 0 Å². The molecule has 0 radical (unpaired) electrons. The summed E-state index contributed by atoms with van der Waals surface area (Å²) in [6.45, 7) is 13.7. The number of hydrogen-bond acceptors (Lipinski definition) is 3. The van der Waals surface area contributed by atoms with Gasteiger partial charge in [-0.2, -0.15) is 0 Å². The minimum atomic E-state index is 0.728. The van der Waals surface area contributed by atoms with Crippen LogP contribution in [0.15, 0.2) is 54.6 Å². The molecular weight excluding hydrogens is 342 g/mol. The van der Waals surface area contributed by atoms with Gasteiger partial charge >= 0.3 is 0 Å². The molecule has 0 aromatic heterocycles. The Hall–Kier alpha value is -2.26. The maximum absolute atomic E-state index is 5.72. The van der Waals surface area contributed by atoms with Crippen LogP contribution in [0.4, 0.5) is 11.4 Å². The SMILES string of the molecule is CCN(CC)c1ccc(C(=CCCCN)c2ccc(N(CC)CC)cc2)cc1. The zero-order valence-corrected chi connectivity index (χ0v) is 18.1. The fourth-order valence-electron chi connectivity index (χ4n) is 3.65. The summed E-state index contributed by atoms with van der Waals surface area (Å²) in [7, 11) is 0. The summed E-state index contributed by atoms with van der Waals surface area (Å²) < 4.78 is 0. The molecule has 0 bridgehead atoms. The van der Waals surface area contributed by atoms with Crippen molar-refractivity contribution in [1.82, 2.24) is 0 Å². The third-order valence-corrected chi connectivity index (χ3v) is 5.37. The number of anilines is 2. The van der Waals surface area contributed by atoms with Crippen molar-refractivity contribution in [3.63, 3.8) is 0 Å². The lowest BCUT2D eigenvalue weighted by Crippen LogP contribution is -2.21. The highest BCUT2D eigenvalue weighted by Gasteiger charge is 2.08. The number of benzene rings is 2. The molecule has 0 aliphatic carbocycles. The van der Waals surface area contributed by atoms with Crippen molar-refractivity contribution in [3.8, 4) is 0 Å². The quantitative estimate of drug-likeness (QED) is 0.520. The van der Waals surface area contributed by atoms with Crippen LogP contribution in [-0.2, 0) is 0 Å². The highest BCUT2D eigenvalue weighted by Crippen LogP contribution is 2.28. The Kier molecular flexibility index (Phi) is 9.09. The molecule has 2 rings (SSSR count). The van der Waals surface area contributed by atoms with Gasteiger partial charge in [0.15, 0.2) is 0 Å². The van der Waals surface area contributed by atoms with E-state index in [1.807, 2.05) is 0 Å². The van der Waals surface area contributed by atoms with Crippen LogP contribution in [-0.4, -0.2) is 32.7 Å². The van der Waals surface area contributed by atoms with Gasteiger partial charge < -0.3 is 15.5 Å². The summed E-state index contributed by atoms with van der Waals surface area (Å²) in [5.74, 6) is 0. The number of nitrogens with two attached hydrogens (primary N) is 1. The maximum Gasteiger partial charge on any atom is 0.0366 e. The second-order valence-electron chi connectivity index (χ2n) is 6.99. The van der Waals surface area contributed by atoms with Crippen LogP contribution in [0.5, 0.6) is 0 Å². The van der Waals surface area contributed by atoms with Crippen molar-refractivity contribution in [1.29, 1.82) is 0 Å². The molecule has 0 atom stereocenters. The van der Waals surface area contributed by atoms with Gasteiger partial charge in [-0.3, -0.25) is 0 Å². The second kappa shape index (κ2) is 11.6. The molecule has 0 aliphatic rings. The van der Waals surface area contributed by atoms with Gasteiger partial charge in [-0.25, -0.2) is 0 Å². The summed E-state index contributed by atoms with van der Waals surface area (Å²) in [6, 6.07) is 18.0. The van der Waals surface area contributed by atoms with Gasteiger partial charge in [0, 0.05) is 37.6 Å². The average Bonchev–Trinajstić information content (AvgIpc) is 2.74. The number of nitrogens with zero attached hydrogens (tertiary/aromatic N) is 2. The van der Waals surface area contributed by atoms with E-state index in [0.717, 1.165) is 45.6 Å². The summed E-state index contributed by atoms with van der Waals surface area (Å²) in [5, 5.41) is 0. The van der Waals surface area contributed by atoms with Crippen LogP contribution in [0.2, 0.25) is 0 Å². The molecule has 3 heteroatoms. The second-order valence-corrected chi connectivity index (χ2v) is 6.99.